The summed E-state index contributed by atoms with van der Waals surface area (Å²) in [6, 6.07) is 1.63. The van der Waals surface area contributed by atoms with Gasteiger partial charge in [-0.1, -0.05) is 31.9 Å². The molecule has 4 N–H and O–H groups in total. The van der Waals surface area contributed by atoms with Crippen LogP contribution in [0.15, 0.2) is 12.3 Å². The van der Waals surface area contributed by atoms with Crippen molar-refractivity contribution in [3.8, 4) is 0 Å². The number of hydrogen-bond acceptors (Lipinski definition) is 6. The highest BCUT2D eigenvalue weighted by atomic mass is 35.5. The number of pyridine rings is 1. The number of anilines is 2. The van der Waals surface area contributed by atoms with E-state index in [1.807, 2.05) is 7.11 Å². The molecule has 0 bridgehead atoms. The molecule has 1 aromatic rings. The maximum atomic E-state index is 13.6. The number of halogens is 1. The Balaban J connectivity index is 1.33. The lowest BCUT2D eigenvalue weighted by Crippen LogP contribution is -2.56. The molecule has 5 rings (SSSR count). The SMILES string of the molecule is COCC12CCC(C)CC1CCC1C3CCC(C(=O)CN(N)c4ncc(Cl)cc4N)C3(C)CCC12. The summed E-state index contributed by atoms with van der Waals surface area (Å²) in [6.07, 6.45) is 12.7. The van der Waals surface area contributed by atoms with Gasteiger partial charge in [0, 0.05) is 19.2 Å². The molecule has 0 spiro atoms. The largest absolute Gasteiger partial charge is 0.396 e. The average molecular weight is 503 g/mol. The minimum Gasteiger partial charge on any atom is -0.396 e. The molecule has 1 heterocycles. The van der Waals surface area contributed by atoms with Crippen molar-refractivity contribution in [1.29, 1.82) is 0 Å². The third-order valence-electron chi connectivity index (χ3n) is 10.9. The fourth-order valence-corrected chi connectivity index (χ4v) is 9.55. The smallest absolute Gasteiger partial charge is 0.166 e. The summed E-state index contributed by atoms with van der Waals surface area (Å²) in [5, 5.41) is 1.86. The lowest BCUT2D eigenvalue weighted by molar-refractivity contribution is -0.154. The summed E-state index contributed by atoms with van der Waals surface area (Å²) in [7, 11) is 1.89. The molecule has 7 heteroatoms. The quantitative estimate of drug-likeness (QED) is 0.394. The Hall–Kier alpha value is -1.37. The van der Waals surface area contributed by atoms with E-state index >= 15 is 0 Å². The van der Waals surface area contributed by atoms with Gasteiger partial charge in [-0.2, -0.15) is 0 Å². The molecule has 0 saturated heterocycles. The number of rotatable bonds is 6. The average Bonchev–Trinajstić information content (AvgIpc) is 3.16. The van der Waals surface area contributed by atoms with Gasteiger partial charge in [-0.15, -0.1) is 0 Å². The molecule has 8 unspecified atom stereocenters. The fourth-order valence-electron chi connectivity index (χ4n) is 9.38. The molecule has 0 amide bonds. The van der Waals surface area contributed by atoms with Gasteiger partial charge < -0.3 is 10.5 Å². The van der Waals surface area contributed by atoms with Crippen molar-refractivity contribution in [1.82, 2.24) is 4.98 Å². The summed E-state index contributed by atoms with van der Waals surface area (Å²) in [5.74, 6) is 10.7. The van der Waals surface area contributed by atoms with Crippen LogP contribution in [0, 0.1) is 46.3 Å². The minimum atomic E-state index is 0.0514. The number of nitrogens with zero attached hydrogens (tertiary/aromatic N) is 2. The number of fused-ring (bicyclic) bond motifs is 5. The van der Waals surface area contributed by atoms with E-state index in [2.05, 4.69) is 18.8 Å². The number of methoxy groups -OCH3 is 1. The number of nitrogen functional groups attached to an aromatic ring is 1. The molecule has 8 atom stereocenters. The molecule has 194 valence electrons. The number of aromatic nitrogens is 1. The number of Topliss-reactive ketones (excluding diaryl/α,β-unsaturated/α-hetero) is 1. The zero-order valence-corrected chi connectivity index (χ0v) is 22.4. The molecule has 4 saturated carbocycles. The van der Waals surface area contributed by atoms with E-state index in [0.29, 0.717) is 33.8 Å². The van der Waals surface area contributed by atoms with E-state index in [1.54, 1.807) is 6.07 Å². The molecule has 35 heavy (non-hydrogen) atoms. The second-order valence-corrected chi connectivity index (χ2v) is 13.0. The third kappa shape index (κ3) is 4.18. The Kier molecular flexibility index (Phi) is 6.86. The molecule has 4 fully saturated rings. The normalized spacial score (nSPS) is 40.5. The molecular formula is C28H43ClN4O2. The maximum absolute atomic E-state index is 13.6. The van der Waals surface area contributed by atoms with Crippen molar-refractivity contribution in [2.24, 2.45) is 52.2 Å². The zero-order chi connectivity index (χ0) is 25.0. The number of ketones is 1. The first-order valence-electron chi connectivity index (χ1n) is 13.6. The van der Waals surface area contributed by atoms with Crippen molar-refractivity contribution >= 4 is 28.9 Å². The highest BCUT2D eigenvalue weighted by Gasteiger charge is 2.62. The Bertz CT molecular complexity index is 959. The van der Waals surface area contributed by atoms with Crippen molar-refractivity contribution in [2.75, 3.05) is 31.0 Å². The molecule has 4 aliphatic rings. The Labute approximate surface area is 215 Å². The highest BCUT2D eigenvalue weighted by molar-refractivity contribution is 6.30. The molecule has 0 aromatic carbocycles. The Morgan fingerprint density at radius 2 is 2.00 bits per heavy atom. The zero-order valence-electron chi connectivity index (χ0n) is 21.6. The van der Waals surface area contributed by atoms with Crippen molar-refractivity contribution in [3.05, 3.63) is 17.3 Å². The molecule has 6 nitrogen and oxygen atoms in total. The first-order chi connectivity index (χ1) is 16.7. The second-order valence-electron chi connectivity index (χ2n) is 12.5. The number of hydrazine groups is 1. The van der Waals surface area contributed by atoms with Crippen molar-refractivity contribution < 1.29 is 9.53 Å². The molecule has 4 aliphatic carbocycles. The predicted octanol–water partition coefficient (Wildman–Crippen LogP) is 5.49. The van der Waals surface area contributed by atoms with Gasteiger partial charge in [0.25, 0.3) is 0 Å². The van der Waals surface area contributed by atoms with Crippen LogP contribution in [-0.2, 0) is 9.53 Å². The van der Waals surface area contributed by atoms with Crippen LogP contribution in [0.5, 0.6) is 0 Å². The van der Waals surface area contributed by atoms with Crippen LogP contribution in [-0.4, -0.2) is 31.0 Å². The first kappa shape index (κ1) is 25.3. The molecule has 1 aromatic heterocycles. The topological polar surface area (TPSA) is 94.5 Å². The minimum absolute atomic E-state index is 0.0514. The van der Waals surface area contributed by atoms with E-state index in [9.17, 15) is 4.79 Å². The van der Waals surface area contributed by atoms with Crippen LogP contribution < -0.4 is 16.6 Å². The fraction of sp³-hybridized carbons (Fsp3) is 0.786. The summed E-state index contributed by atoms with van der Waals surface area (Å²) < 4.78 is 5.93. The van der Waals surface area contributed by atoms with Crippen LogP contribution in [0.3, 0.4) is 0 Å². The second kappa shape index (κ2) is 9.50. The van der Waals surface area contributed by atoms with Crippen molar-refractivity contribution in [3.63, 3.8) is 0 Å². The third-order valence-corrected chi connectivity index (χ3v) is 11.1. The lowest BCUT2D eigenvalue weighted by atomic mass is 9.44. The van der Waals surface area contributed by atoms with Gasteiger partial charge >= 0.3 is 0 Å². The number of ether oxygens (including phenoxy) is 1. The highest BCUT2D eigenvalue weighted by Crippen LogP contribution is 2.68. The Morgan fingerprint density at radius 1 is 1.20 bits per heavy atom. The van der Waals surface area contributed by atoms with E-state index in [0.717, 1.165) is 43.6 Å². The summed E-state index contributed by atoms with van der Waals surface area (Å²) in [6.45, 7) is 5.88. The molecule has 0 aliphatic heterocycles. The summed E-state index contributed by atoms with van der Waals surface area (Å²) >= 11 is 5.98. The number of hydrogen-bond donors (Lipinski definition) is 2. The number of nitrogens with two attached hydrogens (primary N) is 2. The van der Waals surface area contributed by atoms with E-state index in [4.69, 9.17) is 27.9 Å². The first-order valence-corrected chi connectivity index (χ1v) is 14.0. The van der Waals surface area contributed by atoms with E-state index in [1.165, 1.54) is 49.7 Å². The van der Waals surface area contributed by atoms with Gasteiger partial charge in [-0.05, 0) is 97.9 Å². The van der Waals surface area contributed by atoms with E-state index in [-0.39, 0.29) is 23.7 Å². The Morgan fingerprint density at radius 3 is 2.74 bits per heavy atom. The van der Waals surface area contributed by atoms with Gasteiger partial charge in [-0.3, -0.25) is 9.80 Å². The molecule has 0 radical (unpaired) electrons. The van der Waals surface area contributed by atoms with Crippen molar-refractivity contribution in [2.45, 2.75) is 71.6 Å². The van der Waals surface area contributed by atoms with Gasteiger partial charge in [0.15, 0.2) is 11.6 Å². The summed E-state index contributed by atoms with van der Waals surface area (Å²) in [5.41, 5.74) is 6.86. The maximum Gasteiger partial charge on any atom is 0.166 e. The lowest BCUT2D eigenvalue weighted by Gasteiger charge is -2.62. The van der Waals surface area contributed by atoms with Gasteiger partial charge in [0.2, 0.25) is 0 Å². The number of carbonyl (C=O) groups excluding carboxylic acids is 1. The van der Waals surface area contributed by atoms with Crippen LogP contribution in [0.4, 0.5) is 11.5 Å². The van der Waals surface area contributed by atoms with Gasteiger partial charge in [0.05, 0.1) is 23.9 Å². The van der Waals surface area contributed by atoms with E-state index < -0.39 is 0 Å². The predicted molar refractivity (Wildman–Crippen MR) is 141 cm³/mol. The van der Waals surface area contributed by atoms with Crippen LogP contribution in [0.1, 0.15) is 71.6 Å². The standard InChI is InChI=1S/C28H43ClN4O2/c1-17-8-11-28(16-35-3)18(12-17)4-5-20-21-6-7-23(27(21,2)10-9-22(20)28)25(34)15-33(31)26-24(30)13-19(29)14-32-26/h13-14,17-18,20-23H,4-12,15-16,30-31H2,1-3H3. The summed E-state index contributed by atoms with van der Waals surface area (Å²) in [4.78, 5) is 17.9. The monoisotopic (exact) mass is 502 g/mol. The number of carbonyl (C=O) groups is 1. The molecular weight excluding hydrogens is 460 g/mol. The van der Waals surface area contributed by atoms with Crippen LogP contribution in [0.2, 0.25) is 5.02 Å². The van der Waals surface area contributed by atoms with Crippen LogP contribution >= 0.6 is 11.6 Å². The van der Waals surface area contributed by atoms with Crippen LogP contribution in [0.25, 0.3) is 0 Å². The van der Waals surface area contributed by atoms with Gasteiger partial charge in [-0.25, -0.2) is 10.8 Å². The van der Waals surface area contributed by atoms with Gasteiger partial charge in [0.1, 0.15) is 0 Å².